The molecule has 0 spiro atoms. The smallest absolute Gasteiger partial charge is 0.406 e. The monoisotopic (exact) mass is 463 g/mol. The van der Waals surface area contributed by atoms with Gasteiger partial charge in [-0.25, -0.2) is 19.9 Å². The molecule has 0 atom stereocenters. The fourth-order valence-corrected chi connectivity index (χ4v) is 5.01. The number of hydrogen-bond acceptors (Lipinski definition) is 7. The highest BCUT2D eigenvalue weighted by atomic mass is 32.2. The lowest BCUT2D eigenvalue weighted by molar-refractivity contribution is -0.274. The molecule has 6 nitrogen and oxygen atoms in total. The van der Waals surface area contributed by atoms with Gasteiger partial charge in [0.15, 0.2) is 16.7 Å². The maximum Gasteiger partial charge on any atom is 0.573 e. The predicted molar refractivity (Wildman–Crippen MR) is 114 cm³/mol. The quantitative estimate of drug-likeness (QED) is 0.343. The van der Waals surface area contributed by atoms with Gasteiger partial charge in [0, 0.05) is 25.0 Å². The minimum Gasteiger partial charge on any atom is -0.406 e. The minimum absolute atomic E-state index is 0.271. The van der Waals surface area contributed by atoms with E-state index in [9.17, 15) is 13.2 Å². The summed E-state index contributed by atoms with van der Waals surface area (Å²) in [6, 6.07) is 7.43. The lowest BCUT2D eigenvalue weighted by Gasteiger charge is -2.10. The zero-order valence-electron chi connectivity index (χ0n) is 16.4. The van der Waals surface area contributed by atoms with E-state index in [0.29, 0.717) is 22.2 Å². The first-order valence-electron chi connectivity index (χ1n) is 9.15. The number of alkyl halides is 3. The summed E-state index contributed by atoms with van der Waals surface area (Å²) < 4.78 is 44.0. The standard InChI is InChI=1S/C20H16F3N5OS2/c1-3-30-19-15(27-18(31-19)16-24-9-4-10-25-16)17-26-11-14(28(17)2)12-5-7-13(8-6-12)29-20(21,22)23/h4-11H,3H2,1-2H3. The molecule has 4 aromatic rings. The van der Waals surface area contributed by atoms with E-state index < -0.39 is 6.36 Å². The van der Waals surface area contributed by atoms with Gasteiger partial charge in [0.25, 0.3) is 0 Å². The van der Waals surface area contributed by atoms with Gasteiger partial charge in [0.2, 0.25) is 0 Å². The summed E-state index contributed by atoms with van der Waals surface area (Å²) in [4.78, 5) is 17.8. The van der Waals surface area contributed by atoms with E-state index in [-0.39, 0.29) is 5.75 Å². The molecule has 1 aromatic carbocycles. The van der Waals surface area contributed by atoms with Crippen LogP contribution < -0.4 is 4.74 Å². The maximum atomic E-state index is 12.4. The normalized spacial score (nSPS) is 11.6. The highest BCUT2D eigenvalue weighted by Gasteiger charge is 2.31. The molecule has 0 unspecified atom stereocenters. The Hall–Kier alpha value is -2.92. The summed E-state index contributed by atoms with van der Waals surface area (Å²) in [6.45, 7) is 2.06. The van der Waals surface area contributed by atoms with Crippen LogP contribution in [-0.4, -0.2) is 36.6 Å². The van der Waals surface area contributed by atoms with Gasteiger partial charge < -0.3 is 9.30 Å². The highest BCUT2D eigenvalue weighted by molar-refractivity contribution is 8.01. The van der Waals surface area contributed by atoms with Gasteiger partial charge in [-0.05, 0) is 36.1 Å². The first kappa shape index (κ1) is 21.3. The lowest BCUT2D eigenvalue weighted by Crippen LogP contribution is -2.16. The second-order valence-electron chi connectivity index (χ2n) is 6.26. The Bertz CT molecular complexity index is 1170. The van der Waals surface area contributed by atoms with E-state index in [0.717, 1.165) is 21.3 Å². The summed E-state index contributed by atoms with van der Waals surface area (Å²) >= 11 is 3.16. The SMILES string of the molecule is CCSc1sc(-c2ncccn2)nc1-c1ncc(-c2ccc(OC(F)(F)F)cc2)n1C. The minimum atomic E-state index is -4.72. The van der Waals surface area contributed by atoms with Crippen LogP contribution in [0.25, 0.3) is 33.6 Å². The summed E-state index contributed by atoms with van der Waals surface area (Å²) in [5, 5.41) is 0.699. The van der Waals surface area contributed by atoms with Crippen molar-refractivity contribution in [3.8, 4) is 39.4 Å². The van der Waals surface area contributed by atoms with Crippen molar-refractivity contribution in [2.45, 2.75) is 17.5 Å². The average Bonchev–Trinajstić information content (AvgIpc) is 3.32. The van der Waals surface area contributed by atoms with Gasteiger partial charge in [-0.2, -0.15) is 0 Å². The number of benzene rings is 1. The Balaban J connectivity index is 1.69. The topological polar surface area (TPSA) is 65.7 Å². The van der Waals surface area contributed by atoms with Crippen molar-refractivity contribution in [2.75, 3.05) is 5.75 Å². The van der Waals surface area contributed by atoms with E-state index in [4.69, 9.17) is 4.98 Å². The first-order chi connectivity index (χ1) is 14.9. The molecule has 0 aliphatic heterocycles. The van der Waals surface area contributed by atoms with Crippen LogP contribution in [0.2, 0.25) is 0 Å². The molecule has 0 bridgehead atoms. The summed E-state index contributed by atoms with van der Waals surface area (Å²) in [5.74, 6) is 1.79. The molecule has 0 radical (unpaired) electrons. The van der Waals surface area contributed by atoms with Crippen molar-refractivity contribution in [3.05, 3.63) is 48.9 Å². The van der Waals surface area contributed by atoms with E-state index in [2.05, 4.69) is 26.6 Å². The number of halogens is 3. The zero-order valence-corrected chi connectivity index (χ0v) is 18.1. The van der Waals surface area contributed by atoms with Gasteiger partial charge in [0.1, 0.15) is 11.4 Å². The third kappa shape index (κ3) is 4.72. The maximum absolute atomic E-state index is 12.4. The predicted octanol–water partition coefficient (Wildman–Crippen LogP) is 5.68. The van der Waals surface area contributed by atoms with Crippen LogP contribution in [0.15, 0.2) is 53.1 Å². The van der Waals surface area contributed by atoms with Gasteiger partial charge in [-0.1, -0.05) is 6.92 Å². The molecule has 0 N–H and O–H groups in total. The van der Waals surface area contributed by atoms with Gasteiger partial charge >= 0.3 is 6.36 Å². The highest BCUT2D eigenvalue weighted by Crippen LogP contribution is 2.39. The van der Waals surface area contributed by atoms with Crippen LogP contribution in [0.1, 0.15) is 6.92 Å². The van der Waals surface area contributed by atoms with Gasteiger partial charge in [0.05, 0.1) is 16.1 Å². The molecule has 0 saturated carbocycles. The molecular formula is C20H16F3N5OS2. The van der Waals surface area contributed by atoms with E-state index in [1.165, 1.54) is 23.5 Å². The van der Waals surface area contributed by atoms with E-state index in [1.54, 1.807) is 48.6 Å². The van der Waals surface area contributed by atoms with Crippen molar-refractivity contribution in [2.24, 2.45) is 7.05 Å². The Labute approximate surface area is 184 Å². The van der Waals surface area contributed by atoms with E-state index >= 15 is 0 Å². The molecule has 11 heteroatoms. The third-order valence-electron chi connectivity index (χ3n) is 4.21. The van der Waals surface area contributed by atoms with Crippen molar-refractivity contribution in [1.82, 2.24) is 24.5 Å². The van der Waals surface area contributed by atoms with Crippen LogP contribution in [0.4, 0.5) is 13.2 Å². The molecule has 0 aliphatic carbocycles. The van der Waals surface area contributed by atoms with Crippen LogP contribution in [0.3, 0.4) is 0 Å². The Kier molecular flexibility index (Phi) is 5.96. The Morgan fingerprint density at radius 2 is 1.81 bits per heavy atom. The molecular weight excluding hydrogens is 447 g/mol. The summed E-state index contributed by atoms with van der Waals surface area (Å²) in [5.41, 5.74) is 2.18. The molecule has 4 rings (SSSR count). The zero-order chi connectivity index (χ0) is 22.0. The summed E-state index contributed by atoms with van der Waals surface area (Å²) in [7, 11) is 1.84. The number of imidazole rings is 1. The van der Waals surface area contributed by atoms with Crippen LogP contribution in [0, 0.1) is 0 Å². The van der Waals surface area contributed by atoms with Gasteiger partial charge in [-0.3, -0.25) is 0 Å². The Morgan fingerprint density at radius 1 is 1.10 bits per heavy atom. The molecule has 0 saturated heterocycles. The summed E-state index contributed by atoms with van der Waals surface area (Å²) in [6.07, 6.45) is 0.287. The fourth-order valence-electron chi connectivity index (χ4n) is 2.91. The molecule has 31 heavy (non-hydrogen) atoms. The number of nitrogens with zero attached hydrogens (tertiary/aromatic N) is 5. The first-order valence-corrected chi connectivity index (χ1v) is 10.9. The Morgan fingerprint density at radius 3 is 2.45 bits per heavy atom. The second kappa shape index (κ2) is 8.67. The van der Waals surface area contributed by atoms with Crippen LogP contribution in [0.5, 0.6) is 5.75 Å². The second-order valence-corrected chi connectivity index (χ2v) is 8.79. The van der Waals surface area contributed by atoms with E-state index in [1.807, 2.05) is 11.6 Å². The molecule has 0 amide bonds. The number of rotatable bonds is 6. The number of ether oxygens (including phenoxy) is 1. The van der Waals surface area contributed by atoms with Crippen molar-refractivity contribution < 1.29 is 17.9 Å². The molecule has 3 aromatic heterocycles. The van der Waals surface area contributed by atoms with Crippen molar-refractivity contribution >= 4 is 23.1 Å². The molecule has 0 fully saturated rings. The average molecular weight is 464 g/mol. The number of hydrogen-bond donors (Lipinski definition) is 0. The van der Waals surface area contributed by atoms with Crippen LogP contribution in [-0.2, 0) is 7.05 Å². The fraction of sp³-hybridized carbons (Fsp3) is 0.200. The largest absolute Gasteiger partial charge is 0.573 e. The van der Waals surface area contributed by atoms with Crippen LogP contribution >= 0.6 is 23.1 Å². The number of aromatic nitrogens is 5. The number of thiazole rings is 1. The van der Waals surface area contributed by atoms with Crippen molar-refractivity contribution in [3.63, 3.8) is 0 Å². The molecule has 3 heterocycles. The van der Waals surface area contributed by atoms with Crippen molar-refractivity contribution in [1.29, 1.82) is 0 Å². The molecule has 0 aliphatic rings. The van der Waals surface area contributed by atoms with Gasteiger partial charge in [-0.15, -0.1) is 36.3 Å². The third-order valence-corrected chi connectivity index (χ3v) is 6.41. The number of thioether (sulfide) groups is 1. The molecule has 160 valence electrons. The lowest BCUT2D eigenvalue weighted by atomic mass is 10.1.